The molecule has 1 aliphatic heterocycles. The fraction of sp³-hybridized carbons (Fsp3) is 0.818. The molecule has 5 heteroatoms. The number of carbonyl (C=O) groups is 2. The molecule has 1 heterocycles. The van der Waals surface area contributed by atoms with Crippen LogP contribution in [-0.4, -0.2) is 43.0 Å². The Balaban J connectivity index is 1.99. The number of carbonyl (C=O) groups excluding carboxylic acids is 2. The third-order valence-electron chi connectivity index (χ3n) is 3.52. The first-order chi connectivity index (χ1) is 7.70. The zero-order valence-corrected chi connectivity index (χ0v) is 9.35. The molecule has 0 radical (unpaired) electrons. The molecular formula is C11H18N2O3. The number of nitrogens with zero attached hydrogens (tertiary/aromatic N) is 1. The van der Waals surface area contributed by atoms with Gasteiger partial charge in [-0.05, 0) is 12.8 Å². The van der Waals surface area contributed by atoms with Gasteiger partial charge in [0.15, 0.2) is 0 Å². The van der Waals surface area contributed by atoms with Gasteiger partial charge in [-0.3, -0.25) is 9.59 Å². The third-order valence-corrected chi connectivity index (χ3v) is 3.52. The van der Waals surface area contributed by atoms with Crippen molar-refractivity contribution in [1.29, 1.82) is 0 Å². The minimum atomic E-state index is -0.330. The van der Waals surface area contributed by atoms with Crippen LogP contribution in [0, 0.1) is 11.8 Å². The maximum Gasteiger partial charge on any atom is 0.226 e. The molecule has 0 aromatic rings. The highest BCUT2D eigenvalue weighted by Gasteiger charge is 2.38. The van der Waals surface area contributed by atoms with Crippen LogP contribution in [0.2, 0.25) is 0 Å². The summed E-state index contributed by atoms with van der Waals surface area (Å²) >= 11 is 0. The van der Waals surface area contributed by atoms with Crippen LogP contribution in [0.5, 0.6) is 0 Å². The second-order valence-corrected chi connectivity index (χ2v) is 4.48. The molecule has 2 N–H and O–H groups in total. The van der Waals surface area contributed by atoms with E-state index in [0.717, 1.165) is 19.3 Å². The van der Waals surface area contributed by atoms with E-state index in [1.807, 2.05) is 0 Å². The van der Waals surface area contributed by atoms with Crippen molar-refractivity contribution in [3.8, 4) is 0 Å². The van der Waals surface area contributed by atoms with E-state index in [1.54, 1.807) is 4.90 Å². The number of primary amides is 1. The zero-order chi connectivity index (χ0) is 11.5. The van der Waals surface area contributed by atoms with Gasteiger partial charge in [-0.1, -0.05) is 6.42 Å². The third kappa shape index (κ3) is 2.19. The molecular weight excluding hydrogens is 208 g/mol. The van der Waals surface area contributed by atoms with Gasteiger partial charge in [0.05, 0.1) is 13.2 Å². The Morgan fingerprint density at radius 3 is 2.38 bits per heavy atom. The Morgan fingerprint density at radius 2 is 1.75 bits per heavy atom. The Bertz CT molecular complexity index is 287. The minimum Gasteiger partial charge on any atom is -0.378 e. The summed E-state index contributed by atoms with van der Waals surface area (Å²) < 4.78 is 5.20. The summed E-state index contributed by atoms with van der Waals surface area (Å²) in [4.78, 5) is 25.2. The number of nitrogens with two attached hydrogens (primary N) is 1. The van der Waals surface area contributed by atoms with E-state index in [1.165, 1.54) is 0 Å². The van der Waals surface area contributed by atoms with Crippen LogP contribution in [0.4, 0.5) is 0 Å². The van der Waals surface area contributed by atoms with Crippen LogP contribution in [0.25, 0.3) is 0 Å². The lowest BCUT2D eigenvalue weighted by Gasteiger charge is -2.30. The van der Waals surface area contributed by atoms with Crippen molar-refractivity contribution in [2.45, 2.75) is 19.3 Å². The van der Waals surface area contributed by atoms with Crippen molar-refractivity contribution in [2.24, 2.45) is 17.6 Å². The van der Waals surface area contributed by atoms with E-state index >= 15 is 0 Å². The lowest BCUT2D eigenvalue weighted by atomic mass is 9.94. The van der Waals surface area contributed by atoms with E-state index < -0.39 is 0 Å². The van der Waals surface area contributed by atoms with Crippen molar-refractivity contribution >= 4 is 11.8 Å². The first-order valence-electron chi connectivity index (χ1n) is 5.86. The van der Waals surface area contributed by atoms with Crippen molar-refractivity contribution in [3.05, 3.63) is 0 Å². The molecule has 2 rings (SSSR count). The summed E-state index contributed by atoms with van der Waals surface area (Å²) in [6, 6.07) is 0. The standard InChI is InChI=1S/C11H18N2O3/c12-10(14)8-2-1-3-9(8)11(15)13-4-6-16-7-5-13/h8-9H,1-7H2,(H2,12,14)/t8-,9+/m1/s1. The predicted molar refractivity (Wildman–Crippen MR) is 57.4 cm³/mol. The van der Waals surface area contributed by atoms with Crippen LogP contribution < -0.4 is 5.73 Å². The van der Waals surface area contributed by atoms with E-state index in [-0.39, 0.29) is 23.7 Å². The lowest BCUT2D eigenvalue weighted by molar-refractivity contribution is -0.143. The number of hydrogen-bond donors (Lipinski definition) is 1. The van der Waals surface area contributed by atoms with Gasteiger partial charge in [-0.25, -0.2) is 0 Å². The number of morpholine rings is 1. The summed E-state index contributed by atoms with van der Waals surface area (Å²) in [7, 11) is 0. The van der Waals surface area contributed by atoms with Gasteiger partial charge in [0, 0.05) is 24.9 Å². The fourth-order valence-corrected chi connectivity index (χ4v) is 2.61. The van der Waals surface area contributed by atoms with E-state index in [2.05, 4.69) is 0 Å². The summed E-state index contributed by atoms with van der Waals surface area (Å²) in [6.07, 6.45) is 2.48. The van der Waals surface area contributed by atoms with Crippen molar-refractivity contribution < 1.29 is 14.3 Å². The number of rotatable bonds is 2. The molecule has 0 aromatic heterocycles. The lowest BCUT2D eigenvalue weighted by Crippen LogP contribution is -2.46. The van der Waals surface area contributed by atoms with Crippen LogP contribution in [0.1, 0.15) is 19.3 Å². The summed E-state index contributed by atoms with van der Waals surface area (Å²) in [5.41, 5.74) is 5.32. The van der Waals surface area contributed by atoms with Gasteiger partial charge >= 0.3 is 0 Å². The highest BCUT2D eigenvalue weighted by atomic mass is 16.5. The van der Waals surface area contributed by atoms with Crippen LogP contribution in [0.3, 0.4) is 0 Å². The van der Waals surface area contributed by atoms with Gasteiger partial charge in [0.25, 0.3) is 0 Å². The number of hydrogen-bond acceptors (Lipinski definition) is 3. The van der Waals surface area contributed by atoms with Crippen molar-refractivity contribution in [1.82, 2.24) is 4.90 Å². The molecule has 2 fully saturated rings. The van der Waals surface area contributed by atoms with E-state index in [4.69, 9.17) is 10.5 Å². The van der Waals surface area contributed by atoms with Gasteiger partial charge in [0.2, 0.25) is 11.8 Å². The average molecular weight is 226 g/mol. The molecule has 16 heavy (non-hydrogen) atoms. The fourth-order valence-electron chi connectivity index (χ4n) is 2.61. The normalized spacial score (nSPS) is 30.4. The zero-order valence-electron chi connectivity index (χ0n) is 9.35. The van der Waals surface area contributed by atoms with Crippen molar-refractivity contribution in [3.63, 3.8) is 0 Å². The topological polar surface area (TPSA) is 72.6 Å². The van der Waals surface area contributed by atoms with Gasteiger partial charge in [0.1, 0.15) is 0 Å². The summed E-state index contributed by atoms with van der Waals surface area (Å²) in [5, 5.41) is 0. The first-order valence-corrected chi connectivity index (χ1v) is 5.86. The van der Waals surface area contributed by atoms with Gasteiger partial charge in [-0.15, -0.1) is 0 Å². The van der Waals surface area contributed by atoms with Crippen LogP contribution >= 0.6 is 0 Å². The number of amides is 2. The summed E-state index contributed by atoms with van der Waals surface area (Å²) in [5.74, 6) is -0.681. The van der Waals surface area contributed by atoms with Gasteiger partial charge < -0.3 is 15.4 Å². The molecule has 5 nitrogen and oxygen atoms in total. The second-order valence-electron chi connectivity index (χ2n) is 4.48. The maximum absolute atomic E-state index is 12.2. The van der Waals surface area contributed by atoms with Crippen LogP contribution in [0.15, 0.2) is 0 Å². The minimum absolute atomic E-state index is 0.0876. The second kappa shape index (κ2) is 4.82. The molecule has 0 aromatic carbocycles. The van der Waals surface area contributed by atoms with Gasteiger partial charge in [-0.2, -0.15) is 0 Å². The monoisotopic (exact) mass is 226 g/mol. The molecule has 1 aliphatic carbocycles. The molecule has 0 bridgehead atoms. The van der Waals surface area contributed by atoms with Crippen molar-refractivity contribution in [2.75, 3.05) is 26.3 Å². The first kappa shape index (κ1) is 11.4. The Labute approximate surface area is 94.9 Å². The molecule has 2 atom stereocenters. The smallest absolute Gasteiger partial charge is 0.226 e. The van der Waals surface area contributed by atoms with E-state index in [0.29, 0.717) is 26.3 Å². The molecule has 2 amide bonds. The number of ether oxygens (including phenoxy) is 1. The quantitative estimate of drug-likeness (QED) is 0.705. The SMILES string of the molecule is NC(=O)[C@@H]1CCC[C@@H]1C(=O)N1CCOCC1. The highest BCUT2D eigenvalue weighted by Crippen LogP contribution is 2.33. The van der Waals surface area contributed by atoms with Crippen LogP contribution in [-0.2, 0) is 14.3 Å². The average Bonchev–Trinajstić information content (AvgIpc) is 2.78. The highest BCUT2D eigenvalue weighted by molar-refractivity contribution is 5.87. The molecule has 1 saturated carbocycles. The largest absolute Gasteiger partial charge is 0.378 e. The molecule has 1 saturated heterocycles. The molecule has 2 aliphatic rings. The Morgan fingerprint density at radius 1 is 1.12 bits per heavy atom. The molecule has 0 spiro atoms. The molecule has 90 valence electrons. The Hall–Kier alpha value is -1.10. The summed E-state index contributed by atoms with van der Waals surface area (Å²) in [6.45, 7) is 2.47. The maximum atomic E-state index is 12.2. The Kier molecular flexibility index (Phi) is 3.43. The predicted octanol–water partition coefficient (Wildman–Crippen LogP) is -0.253. The van der Waals surface area contributed by atoms with E-state index in [9.17, 15) is 9.59 Å². The molecule has 0 unspecified atom stereocenters.